The van der Waals surface area contributed by atoms with Gasteiger partial charge in [-0.15, -0.1) is 0 Å². The number of piperazine rings is 1. The highest BCUT2D eigenvalue weighted by atomic mass is 19.3. The highest BCUT2D eigenvalue weighted by Crippen LogP contribution is 2.45. The van der Waals surface area contributed by atoms with E-state index >= 15 is 0 Å². The number of aryl methyl sites for hydroxylation is 1. The molecular weight excluding hydrogens is 378 g/mol. The average Bonchev–Trinajstić information content (AvgIpc) is 2.65. The maximum atomic E-state index is 14.4. The predicted octanol–water partition coefficient (Wildman–Crippen LogP) is 2.73. The monoisotopic (exact) mass is 402 g/mol. The number of amides is 1. The number of pyridine rings is 1. The number of nitrogens with zero attached hydrogens (tertiary/aromatic N) is 4. The third kappa shape index (κ3) is 3.91. The van der Waals surface area contributed by atoms with Gasteiger partial charge in [-0.25, -0.2) is 23.7 Å². The zero-order valence-corrected chi connectivity index (χ0v) is 16.7. The van der Waals surface area contributed by atoms with Crippen molar-refractivity contribution in [2.45, 2.75) is 45.1 Å². The quantitative estimate of drug-likeness (QED) is 0.822. The number of carbonyl (C=O) groups is 1. The summed E-state index contributed by atoms with van der Waals surface area (Å²) in [5, 5.41) is 6.00. The molecule has 4 heterocycles. The standard InChI is InChI=1S/C20H24F2N6O/c1-11-6-14(26-15(7-11)28-5-4-23-12(2)9-28)18-17-13(20(3,21)22)8-16(29)27-19(17)25-10-24-18/h6-7,10,12-13,23H,4-5,8-9H2,1-3H3,(H,24,25,27,29)/t12-,13-/m0/s1. The predicted molar refractivity (Wildman–Crippen MR) is 106 cm³/mol. The first-order valence-electron chi connectivity index (χ1n) is 9.72. The van der Waals surface area contributed by atoms with Gasteiger partial charge in [0.15, 0.2) is 0 Å². The maximum Gasteiger partial charge on any atom is 0.252 e. The lowest BCUT2D eigenvalue weighted by Crippen LogP contribution is -2.49. The molecule has 2 aliphatic rings. The Bertz CT molecular complexity index is 945. The van der Waals surface area contributed by atoms with E-state index in [2.05, 4.69) is 32.4 Å². The second kappa shape index (κ2) is 7.29. The molecule has 2 aromatic rings. The Kier molecular flexibility index (Phi) is 4.94. The van der Waals surface area contributed by atoms with Gasteiger partial charge < -0.3 is 15.5 Å². The summed E-state index contributed by atoms with van der Waals surface area (Å²) in [6.45, 7) is 7.36. The Labute approximate surface area is 168 Å². The van der Waals surface area contributed by atoms with Crippen molar-refractivity contribution in [1.29, 1.82) is 0 Å². The number of nitrogens with one attached hydrogen (secondary N) is 2. The molecule has 4 rings (SSSR count). The number of fused-ring (bicyclic) bond motifs is 1. The van der Waals surface area contributed by atoms with Crippen molar-refractivity contribution in [1.82, 2.24) is 20.3 Å². The van der Waals surface area contributed by atoms with E-state index in [1.54, 1.807) is 0 Å². The normalized spacial score (nSPS) is 22.2. The SMILES string of the molecule is Cc1cc(-c2ncnc3c2[C@@H](C(C)(F)F)CC(=O)N3)nc(N2CCN[C@@H](C)C2)c1. The van der Waals surface area contributed by atoms with Crippen LogP contribution in [0.3, 0.4) is 0 Å². The molecule has 1 saturated heterocycles. The largest absolute Gasteiger partial charge is 0.354 e. The highest BCUT2D eigenvalue weighted by molar-refractivity contribution is 5.95. The van der Waals surface area contributed by atoms with E-state index < -0.39 is 17.7 Å². The van der Waals surface area contributed by atoms with Crippen LogP contribution < -0.4 is 15.5 Å². The molecule has 0 spiro atoms. The van der Waals surface area contributed by atoms with E-state index in [4.69, 9.17) is 4.98 Å². The molecule has 2 aromatic heterocycles. The lowest BCUT2D eigenvalue weighted by Gasteiger charge is -2.33. The fourth-order valence-corrected chi connectivity index (χ4v) is 4.01. The smallest absolute Gasteiger partial charge is 0.252 e. The molecule has 0 aliphatic carbocycles. The minimum absolute atomic E-state index is 0.137. The molecule has 29 heavy (non-hydrogen) atoms. The van der Waals surface area contributed by atoms with Crippen molar-refractivity contribution in [3.63, 3.8) is 0 Å². The molecule has 0 unspecified atom stereocenters. The third-order valence-electron chi connectivity index (χ3n) is 5.38. The zero-order chi connectivity index (χ0) is 20.8. The van der Waals surface area contributed by atoms with Crippen molar-refractivity contribution in [3.05, 3.63) is 29.6 Å². The first-order valence-corrected chi connectivity index (χ1v) is 9.72. The summed E-state index contributed by atoms with van der Waals surface area (Å²) in [6, 6.07) is 4.15. The molecule has 0 saturated carbocycles. The molecule has 1 fully saturated rings. The molecule has 2 aliphatic heterocycles. The number of alkyl halides is 2. The molecule has 154 valence electrons. The molecule has 2 atom stereocenters. The van der Waals surface area contributed by atoms with E-state index in [0.29, 0.717) is 17.4 Å². The van der Waals surface area contributed by atoms with Gasteiger partial charge in [0, 0.05) is 37.7 Å². The number of halogens is 2. The number of aromatic nitrogens is 3. The molecule has 0 bridgehead atoms. The second-order valence-electron chi connectivity index (χ2n) is 7.93. The van der Waals surface area contributed by atoms with Crippen LogP contribution in [0.5, 0.6) is 0 Å². The third-order valence-corrected chi connectivity index (χ3v) is 5.38. The summed E-state index contributed by atoms with van der Waals surface area (Å²) in [5.41, 5.74) is 2.06. The van der Waals surface area contributed by atoms with Crippen LogP contribution in [0.1, 0.15) is 37.3 Å². The van der Waals surface area contributed by atoms with E-state index in [-0.39, 0.29) is 17.8 Å². The summed E-state index contributed by atoms with van der Waals surface area (Å²) in [7, 11) is 0. The molecule has 0 aromatic carbocycles. The van der Waals surface area contributed by atoms with Gasteiger partial charge in [0.2, 0.25) is 5.91 Å². The molecule has 9 heteroatoms. The maximum absolute atomic E-state index is 14.4. The van der Waals surface area contributed by atoms with Gasteiger partial charge in [-0.05, 0) is 38.5 Å². The van der Waals surface area contributed by atoms with Crippen LogP contribution in [0.25, 0.3) is 11.4 Å². The van der Waals surface area contributed by atoms with Crippen LogP contribution >= 0.6 is 0 Å². The lowest BCUT2D eigenvalue weighted by atomic mass is 9.85. The summed E-state index contributed by atoms with van der Waals surface area (Å²) in [6.07, 6.45) is 0.964. The van der Waals surface area contributed by atoms with Crippen LogP contribution in [0.15, 0.2) is 18.5 Å². The fraction of sp³-hybridized carbons (Fsp3) is 0.500. The van der Waals surface area contributed by atoms with E-state index in [9.17, 15) is 13.6 Å². The van der Waals surface area contributed by atoms with Crippen molar-refractivity contribution >= 4 is 17.5 Å². The molecular formula is C20H24F2N6O. The molecule has 0 radical (unpaired) electrons. The van der Waals surface area contributed by atoms with Crippen LogP contribution in [-0.4, -0.2) is 52.5 Å². The first-order chi connectivity index (χ1) is 13.7. The van der Waals surface area contributed by atoms with Gasteiger partial charge in [-0.3, -0.25) is 4.79 Å². The number of anilines is 2. The van der Waals surface area contributed by atoms with Gasteiger partial charge >= 0.3 is 0 Å². The van der Waals surface area contributed by atoms with Crippen molar-refractivity contribution in [3.8, 4) is 11.4 Å². The number of rotatable bonds is 3. The molecule has 7 nitrogen and oxygen atoms in total. The number of hydrogen-bond acceptors (Lipinski definition) is 6. The van der Waals surface area contributed by atoms with Crippen LogP contribution in [0.4, 0.5) is 20.4 Å². The summed E-state index contributed by atoms with van der Waals surface area (Å²) >= 11 is 0. The number of carbonyl (C=O) groups excluding carboxylic acids is 1. The van der Waals surface area contributed by atoms with Crippen molar-refractivity contribution < 1.29 is 13.6 Å². The Morgan fingerprint density at radius 1 is 1.28 bits per heavy atom. The molecule has 2 N–H and O–H groups in total. The topological polar surface area (TPSA) is 83.0 Å². The minimum Gasteiger partial charge on any atom is -0.354 e. The average molecular weight is 402 g/mol. The first kappa shape index (κ1) is 19.6. The van der Waals surface area contributed by atoms with Crippen LogP contribution in [-0.2, 0) is 4.79 Å². The van der Waals surface area contributed by atoms with Crippen molar-refractivity contribution in [2.75, 3.05) is 29.9 Å². The van der Waals surface area contributed by atoms with Gasteiger partial charge in [0.05, 0.1) is 17.3 Å². The van der Waals surface area contributed by atoms with Gasteiger partial charge in [0.1, 0.15) is 18.0 Å². The minimum atomic E-state index is -3.09. The fourth-order valence-electron chi connectivity index (χ4n) is 4.01. The van der Waals surface area contributed by atoms with E-state index in [1.807, 2.05) is 19.1 Å². The van der Waals surface area contributed by atoms with Crippen LogP contribution in [0.2, 0.25) is 0 Å². The lowest BCUT2D eigenvalue weighted by molar-refractivity contribution is -0.119. The van der Waals surface area contributed by atoms with Crippen LogP contribution in [0, 0.1) is 6.92 Å². The van der Waals surface area contributed by atoms with Gasteiger partial charge in [0.25, 0.3) is 5.92 Å². The van der Waals surface area contributed by atoms with E-state index in [0.717, 1.165) is 37.9 Å². The highest BCUT2D eigenvalue weighted by Gasteiger charge is 2.43. The Morgan fingerprint density at radius 2 is 2.07 bits per heavy atom. The summed E-state index contributed by atoms with van der Waals surface area (Å²) in [5.74, 6) is -3.93. The Morgan fingerprint density at radius 3 is 2.79 bits per heavy atom. The Hall–Kier alpha value is -2.68. The second-order valence-corrected chi connectivity index (χ2v) is 7.93. The van der Waals surface area contributed by atoms with Gasteiger partial charge in [-0.1, -0.05) is 0 Å². The number of hydrogen-bond donors (Lipinski definition) is 2. The summed E-state index contributed by atoms with van der Waals surface area (Å²) < 4.78 is 28.8. The van der Waals surface area contributed by atoms with E-state index in [1.165, 1.54) is 6.33 Å². The van der Waals surface area contributed by atoms with Gasteiger partial charge in [-0.2, -0.15) is 0 Å². The molecule has 1 amide bonds. The Balaban J connectivity index is 1.82. The van der Waals surface area contributed by atoms with Crippen molar-refractivity contribution in [2.24, 2.45) is 0 Å². The zero-order valence-electron chi connectivity index (χ0n) is 16.7. The summed E-state index contributed by atoms with van der Waals surface area (Å²) in [4.78, 5) is 27.2.